The Bertz CT molecular complexity index is 805. The van der Waals surface area contributed by atoms with Gasteiger partial charge in [-0.1, -0.05) is 27.7 Å². The lowest BCUT2D eigenvalue weighted by molar-refractivity contribution is -0.385. The van der Waals surface area contributed by atoms with Crippen LogP contribution in [0.4, 0.5) is 11.4 Å². The number of hydrogen-bond acceptors (Lipinski definition) is 6. The van der Waals surface area contributed by atoms with Gasteiger partial charge in [0.2, 0.25) is 10.0 Å². The summed E-state index contributed by atoms with van der Waals surface area (Å²) in [6.45, 7) is 13.5. The van der Waals surface area contributed by atoms with Crippen LogP contribution >= 0.6 is 0 Å². The van der Waals surface area contributed by atoms with Gasteiger partial charge in [-0.25, -0.2) is 8.42 Å². The van der Waals surface area contributed by atoms with Crippen LogP contribution in [0.25, 0.3) is 0 Å². The molecule has 0 amide bonds. The van der Waals surface area contributed by atoms with Crippen LogP contribution in [0.2, 0.25) is 0 Å². The maximum Gasteiger partial charge on any atom is 0.270 e. The maximum atomic E-state index is 13.7. The number of anilines is 1. The minimum atomic E-state index is -3.92. The summed E-state index contributed by atoms with van der Waals surface area (Å²) in [6.07, 6.45) is -0.126. The first kappa shape index (κ1) is 23.6. The van der Waals surface area contributed by atoms with Gasteiger partial charge in [0.15, 0.2) is 0 Å². The Kier molecular flexibility index (Phi) is 7.64. The van der Waals surface area contributed by atoms with Gasteiger partial charge in [0.25, 0.3) is 5.69 Å². The van der Waals surface area contributed by atoms with Crippen molar-refractivity contribution in [3.63, 3.8) is 0 Å². The summed E-state index contributed by atoms with van der Waals surface area (Å²) < 4.78 is 34.5. The summed E-state index contributed by atoms with van der Waals surface area (Å²) in [5.41, 5.74) is 0.269. The summed E-state index contributed by atoms with van der Waals surface area (Å²) in [5, 5.41) is 11.4. The Labute approximate surface area is 174 Å². The molecule has 8 nitrogen and oxygen atoms in total. The van der Waals surface area contributed by atoms with Gasteiger partial charge in [-0.15, -0.1) is 0 Å². The predicted molar refractivity (Wildman–Crippen MR) is 114 cm³/mol. The average molecular weight is 428 g/mol. The lowest BCUT2D eigenvalue weighted by Gasteiger charge is -2.38. The largest absolute Gasteiger partial charge is 0.372 e. The first-order valence-corrected chi connectivity index (χ1v) is 11.5. The van der Waals surface area contributed by atoms with Gasteiger partial charge in [-0.2, -0.15) is 4.31 Å². The number of sulfonamides is 1. The van der Waals surface area contributed by atoms with Crippen LogP contribution in [0, 0.1) is 22.0 Å². The van der Waals surface area contributed by atoms with E-state index in [0.29, 0.717) is 31.9 Å². The predicted octanol–water partition coefficient (Wildman–Crippen LogP) is 3.51. The second-order valence-electron chi connectivity index (χ2n) is 8.68. The number of nitro benzene ring substituents is 1. The van der Waals surface area contributed by atoms with Crippen molar-refractivity contribution in [2.45, 2.75) is 58.6 Å². The third kappa shape index (κ3) is 5.90. The van der Waals surface area contributed by atoms with Crippen molar-refractivity contribution in [3.8, 4) is 0 Å². The molecule has 2 atom stereocenters. The molecule has 9 heteroatoms. The zero-order valence-corrected chi connectivity index (χ0v) is 19.0. The lowest BCUT2D eigenvalue weighted by atomic mass is 10.2. The average Bonchev–Trinajstić information content (AvgIpc) is 2.58. The Morgan fingerprint density at radius 3 is 2.10 bits per heavy atom. The van der Waals surface area contributed by atoms with Crippen LogP contribution in [0.5, 0.6) is 0 Å². The fourth-order valence-electron chi connectivity index (χ4n) is 3.68. The molecular weight excluding hydrogens is 394 g/mol. The Balaban J connectivity index is 2.59. The highest BCUT2D eigenvalue weighted by Gasteiger charge is 2.33. The molecule has 29 heavy (non-hydrogen) atoms. The second-order valence-corrected chi connectivity index (χ2v) is 10.6. The molecule has 1 aromatic carbocycles. The van der Waals surface area contributed by atoms with E-state index in [2.05, 4.69) is 0 Å². The molecule has 1 fully saturated rings. The van der Waals surface area contributed by atoms with Crippen LogP contribution in [-0.2, 0) is 14.8 Å². The fraction of sp³-hybridized carbons (Fsp3) is 0.700. The number of nitrogens with zero attached hydrogens (tertiary/aromatic N) is 3. The monoisotopic (exact) mass is 427 g/mol. The number of nitro groups is 1. The number of non-ortho nitro benzene ring substituents is 1. The minimum Gasteiger partial charge on any atom is -0.372 e. The topological polar surface area (TPSA) is 93.0 Å². The first-order chi connectivity index (χ1) is 13.4. The number of morpholine rings is 1. The van der Waals surface area contributed by atoms with E-state index in [4.69, 9.17) is 4.74 Å². The minimum absolute atomic E-state index is 0.00528. The van der Waals surface area contributed by atoms with Crippen molar-refractivity contribution in [1.82, 2.24) is 4.31 Å². The third-order valence-electron chi connectivity index (χ3n) is 4.67. The van der Waals surface area contributed by atoms with Crippen LogP contribution in [0.3, 0.4) is 0 Å². The highest BCUT2D eigenvalue weighted by molar-refractivity contribution is 7.89. The molecular formula is C20H33N3O5S. The molecule has 0 spiro atoms. The highest BCUT2D eigenvalue weighted by Crippen LogP contribution is 2.34. The number of ether oxygens (including phenoxy) is 1. The molecule has 1 saturated heterocycles. The van der Waals surface area contributed by atoms with E-state index in [1.807, 2.05) is 46.4 Å². The summed E-state index contributed by atoms with van der Waals surface area (Å²) in [5.74, 6) is 0.267. The van der Waals surface area contributed by atoms with Gasteiger partial charge < -0.3 is 9.64 Å². The summed E-state index contributed by atoms with van der Waals surface area (Å²) in [4.78, 5) is 12.8. The first-order valence-electron chi connectivity index (χ1n) is 10.1. The zero-order valence-electron chi connectivity index (χ0n) is 18.2. The van der Waals surface area contributed by atoms with Crippen molar-refractivity contribution in [2.24, 2.45) is 11.8 Å². The van der Waals surface area contributed by atoms with E-state index in [1.165, 1.54) is 16.4 Å². The molecule has 2 rings (SSSR count). The third-order valence-corrected chi connectivity index (χ3v) is 6.53. The van der Waals surface area contributed by atoms with E-state index in [1.54, 1.807) is 6.07 Å². The van der Waals surface area contributed by atoms with Gasteiger partial charge in [0.05, 0.1) is 22.8 Å². The quantitative estimate of drug-likeness (QED) is 0.466. The number of benzene rings is 1. The number of hydrogen-bond donors (Lipinski definition) is 0. The van der Waals surface area contributed by atoms with Crippen LogP contribution in [0.15, 0.2) is 23.1 Å². The Hall–Kier alpha value is -1.71. The molecule has 1 heterocycles. The highest BCUT2D eigenvalue weighted by atomic mass is 32.2. The summed E-state index contributed by atoms with van der Waals surface area (Å²) >= 11 is 0. The Morgan fingerprint density at radius 1 is 1.14 bits per heavy atom. The van der Waals surface area contributed by atoms with Crippen molar-refractivity contribution < 1.29 is 18.1 Å². The van der Waals surface area contributed by atoms with Gasteiger partial charge in [0.1, 0.15) is 4.90 Å². The van der Waals surface area contributed by atoms with Crippen molar-refractivity contribution in [1.29, 1.82) is 0 Å². The van der Waals surface area contributed by atoms with E-state index in [9.17, 15) is 18.5 Å². The van der Waals surface area contributed by atoms with E-state index in [0.717, 1.165) is 0 Å². The van der Waals surface area contributed by atoms with Gasteiger partial charge in [-0.05, 0) is 31.7 Å². The molecule has 0 unspecified atom stereocenters. The lowest BCUT2D eigenvalue weighted by Crippen LogP contribution is -2.46. The SMILES string of the molecule is CC(C)CN(CC(C)C)S(=O)(=O)c1cc([N+](=O)[O-])ccc1N1C[C@@H](C)O[C@H](C)C1. The van der Waals surface area contributed by atoms with Crippen LogP contribution < -0.4 is 4.90 Å². The molecule has 0 N–H and O–H groups in total. The van der Waals surface area contributed by atoms with Gasteiger partial charge in [0, 0.05) is 38.3 Å². The molecule has 0 saturated carbocycles. The second kappa shape index (κ2) is 9.40. The Morgan fingerprint density at radius 2 is 1.66 bits per heavy atom. The summed E-state index contributed by atoms with van der Waals surface area (Å²) in [7, 11) is -3.92. The fourth-order valence-corrected chi connectivity index (χ4v) is 5.68. The van der Waals surface area contributed by atoms with Crippen molar-refractivity contribution >= 4 is 21.4 Å². The standard InChI is InChI=1S/C20H33N3O5S/c1-14(2)10-22(11-15(3)4)29(26,27)20-9-18(23(24)25)7-8-19(20)21-12-16(5)28-17(6)13-21/h7-9,14-17H,10-13H2,1-6H3/t16-,17-/m1/s1. The maximum absolute atomic E-state index is 13.7. The molecule has 1 aromatic rings. The molecule has 0 radical (unpaired) electrons. The van der Waals surface area contributed by atoms with Crippen molar-refractivity contribution in [2.75, 3.05) is 31.1 Å². The molecule has 0 aliphatic carbocycles. The smallest absolute Gasteiger partial charge is 0.270 e. The zero-order chi connectivity index (χ0) is 21.9. The van der Waals surface area contributed by atoms with E-state index < -0.39 is 14.9 Å². The van der Waals surface area contributed by atoms with E-state index >= 15 is 0 Å². The molecule has 1 aliphatic rings. The normalized spacial score (nSPS) is 20.7. The van der Waals surface area contributed by atoms with Crippen molar-refractivity contribution in [3.05, 3.63) is 28.3 Å². The molecule has 1 aliphatic heterocycles. The van der Waals surface area contributed by atoms with Crippen LogP contribution in [0.1, 0.15) is 41.5 Å². The van der Waals surface area contributed by atoms with Gasteiger partial charge >= 0.3 is 0 Å². The number of rotatable bonds is 8. The van der Waals surface area contributed by atoms with E-state index in [-0.39, 0.29) is 34.6 Å². The van der Waals surface area contributed by atoms with Gasteiger partial charge in [-0.3, -0.25) is 10.1 Å². The summed E-state index contributed by atoms with van der Waals surface area (Å²) in [6, 6.07) is 4.12. The molecule has 0 bridgehead atoms. The molecule has 0 aromatic heterocycles. The molecule has 164 valence electrons. The van der Waals surface area contributed by atoms with Crippen LogP contribution in [-0.4, -0.2) is 56.0 Å².